The number of rotatable bonds is 6. The molecule has 24 heavy (non-hydrogen) atoms. The van der Waals surface area contributed by atoms with Crippen LogP contribution in [0.15, 0.2) is 36.4 Å². The predicted molar refractivity (Wildman–Crippen MR) is 110 cm³/mol. The van der Waals surface area contributed by atoms with Crippen molar-refractivity contribution < 1.29 is 5.11 Å². The first-order valence-corrected chi connectivity index (χ1v) is 8.97. The highest BCUT2D eigenvalue weighted by Gasteiger charge is 2.42. The Morgan fingerprint density at radius 3 is 2.46 bits per heavy atom. The molecule has 1 unspecified atom stereocenters. The molecule has 1 aliphatic rings. The lowest BCUT2D eigenvalue weighted by Gasteiger charge is -2.31. The zero-order valence-electron chi connectivity index (χ0n) is 15.1. The van der Waals surface area contributed by atoms with Crippen LogP contribution >= 0.6 is 17.0 Å². The van der Waals surface area contributed by atoms with Gasteiger partial charge in [0.15, 0.2) is 0 Å². The van der Waals surface area contributed by atoms with Crippen molar-refractivity contribution >= 4 is 33.4 Å². The van der Waals surface area contributed by atoms with E-state index in [1.807, 2.05) is 0 Å². The molecule has 3 heteroatoms. The minimum absolute atomic E-state index is 0. The minimum atomic E-state index is 0. The first kappa shape index (κ1) is 19.3. The number of fused-ring (bicyclic) bond motifs is 3. The quantitative estimate of drug-likeness (QED) is 0.661. The summed E-state index contributed by atoms with van der Waals surface area (Å²) >= 11 is 0. The van der Waals surface area contributed by atoms with Crippen molar-refractivity contribution in [3.8, 4) is 0 Å². The van der Waals surface area contributed by atoms with Gasteiger partial charge in [-0.15, -0.1) is 17.0 Å². The van der Waals surface area contributed by atoms with Crippen LogP contribution in [0.2, 0.25) is 0 Å². The van der Waals surface area contributed by atoms with Crippen molar-refractivity contribution in [2.75, 3.05) is 18.1 Å². The average Bonchev–Trinajstić information content (AvgIpc) is 2.75. The van der Waals surface area contributed by atoms with Crippen LogP contribution in [0, 0.1) is 0 Å². The van der Waals surface area contributed by atoms with Crippen molar-refractivity contribution in [2.24, 2.45) is 0 Å². The summed E-state index contributed by atoms with van der Waals surface area (Å²) in [7, 11) is 0. The van der Waals surface area contributed by atoms with E-state index in [-0.39, 0.29) is 22.4 Å². The van der Waals surface area contributed by atoms with E-state index in [1.54, 1.807) is 0 Å². The summed E-state index contributed by atoms with van der Waals surface area (Å²) in [5.74, 6) is 0. The van der Waals surface area contributed by atoms with E-state index in [0.717, 1.165) is 19.4 Å². The van der Waals surface area contributed by atoms with E-state index in [0.29, 0.717) is 12.6 Å². The molecule has 1 atom stereocenters. The van der Waals surface area contributed by atoms with Crippen molar-refractivity contribution in [3.05, 3.63) is 42.0 Å². The van der Waals surface area contributed by atoms with Gasteiger partial charge in [-0.05, 0) is 42.2 Å². The van der Waals surface area contributed by atoms with E-state index < -0.39 is 0 Å². The second-order valence-electron chi connectivity index (χ2n) is 7.41. The number of hydrogen-bond acceptors (Lipinski definition) is 2. The largest absolute Gasteiger partial charge is 0.396 e. The summed E-state index contributed by atoms with van der Waals surface area (Å²) in [5, 5.41) is 11.7. The second kappa shape index (κ2) is 7.88. The van der Waals surface area contributed by atoms with Gasteiger partial charge < -0.3 is 10.0 Å². The van der Waals surface area contributed by atoms with Gasteiger partial charge in [0.2, 0.25) is 0 Å². The first-order valence-electron chi connectivity index (χ1n) is 8.97. The number of anilines is 1. The maximum absolute atomic E-state index is 8.91. The molecule has 0 radical (unpaired) electrons. The molecular formula is C21H30BrNO. The van der Waals surface area contributed by atoms with E-state index in [1.165, 1.54) is 34.9 Å². The maximum Gasteiger partial charge on any atom is 0.0431 e. The molecule has 0 saturated carbocycles. The number of nitrogens with zero attached hydrogens (tertiary/aromatic N) is 1. The second-order valence-corrected chi connectivity index (χ2v) is 7.41. The van der Waals surface area contributed by atoms with Gasteiger partial charge in [-0.3, -0.25) is 0 Å². The average molecular weight is 392 g/mol. The third-order valence-electron chi connectivity index (χ3n) is 5.68. The summed E-state index contributed by atoms with van der Waals surface area (Å²) in [5.41, 5.74) is 3.10. The van der Waals surface area contributed by atoms with Crippen LogP contribution in [-0.2, 0) is 5.41 Å². The van der Waals surface area contributed by atoms with Crippen LogP contribution in [0.25, 0.3) is 10.8 Å². The van der Waals surface area contributed by atoms with Crippen LogP contribution in [0.5, 0.6) is 0 Å². The Morgan fingerprint density at radius 2 is 1.71 bits per heavy atom. The Morgan fingerprint density at radius 1 is 1.00 bits per heavy atom. The molecule has 0 spiro atoms. The monoisotopic (exact) mass is 391 g/mol. The van der Waals surface area contributed by atoms with Gasteiger partial charge in [0.1, 0.15) is 0 Å². The van der Waals surface area contributed by atoms with Gasteiger partial charge >= 0.3 is 0 Å². The van der Waals surface area contributed by atoms with E-state index in [4.69, 9.17) is 5.11 Å². The molecular weight excluding hydrogens is 362 g/mol. The molecule has 2 aromatic carbocycles. The summed E-state index contributed by atoms with van der Waals surface area (Å²) in [6.45, 7) is 8.56. The van der Waals surface area contributed by atoms with Gasteiger partial charge in [0.25, 0.3) is 0 Å². The van der Waals surface area contributed by atoms with Gasteiger partial charge in [-0.1, -0.05) is 57.0 Å². The zero-order chi connectivity index (χ0) is 16.4. The van der Waals surface area contributed by atoms with E-state index in [9.17, 15) is 0 Å². The van der Waals surface area contributed by atoms with Gasteiger partial charge in [0.05, 0.1) is 0 Å². The molecule has 0 bridgehead atoms. The molecule has 0 saturated heterocycles. The standard InChI is InChI=1S/C21H29NO.BrH/c1-16-21(2,3)20-18-11-7-6-10-17(18)12-13-19(20)22(16)14-8-4-5-9-15-23;/h6-7,10-13,16,23H,4-5,8-9,14-15H2,1-3H3;1H. The third-order valence-corrected chi connectivity index (χ3v) is 5.68. The van der Waals surface area contributed by atoms with Crippen molar-refractivity contribution in [1.29, 1.82) is 0 Å². The van der Waals surface area contributed by atoms with Crippen LogP contribution in [-0.4, -0.2) is 24.3 Å². The number of unbranched alkanes of at least 4 members (excludes halogenated alkanes) is 3. The van der Waals surface area contributed by atoms with E-state index in [2.05, 4.69) is 62.1 Å². The molecule has 2 aromatic rings. The fourth-order valence-corrected chi connectivity index (χ4v) is 4.05. The van der Waals surface area contributed by atoms with Crippen LogP contribution in [0.3, 0.4) is 0 Å². The Kier molecular flexibility index (Phi) is 6.33. The Balaban J connectivity index is 0.00000208. The van der Waals surface area contributed by atoms with Crippen LogP contribution < -0.4 is 4.90 Å². The highest BCUT2D eigenvalue weighted by molar-refractivity contribution is 8.93. The number of hydrogen-bond donors (Lipinski definition) is 1. The molecule has 132 valence electrons. The summed E-state index contributed by atoms with van der Waals surface area (Å²) in [6.07, 6.45) is 4.47. The predicted octanol–water partition coefficient (Wildman–Crippen LogP) is 5.46. The highest BCUT2D eigenvalue weighted by Crippen LogP contribution is 2.48. The van der Waals surface area contributed by atoms with Gasteiger partial charge in [-0.25, -0.2) is 0 Å². The molecule has 1 heterocycles. The summed E-state index contributed by atoms with van der Waals surface area (Å²) in [6, 6.07) is 13.9. The molecule has 1 aliphatic heterocycles. The molecule has 2 nitrogen and oxygen atoms in total. The van der Waals surface area contributed by atoms with Crippen molar-refractivity contribution in [2.45, 2.75) is 57.9 Å². The molecule has 0 amide bonds. The van der Waals surface area contributed by atoms with E-state index >= 15 is 0 Å². The van der Waals surface area contributed by atoms with Crippen LogP contribution in [0.4, 0.5) is 5.69 Å². The van der Waals surface area contributed by atoms with Crippen molar-refractivity contribution in [1.82, 2.24) is 0 Å². The Labute approximate surface area is 156 Å². The maximum atomic E-state index is 8.91. The Hall–Kier alpha value is -1.06. The lowest BCUT2D eigenvalue weighted by molar-refractivity contribution is 0.282. The lowest BCUT2D eigenvalue weighted by atomic mass is 9.79. The third kappa shape index (κ3) is 3.34. The molecule has 0 fully saturated rings. The first-order chi connectivity index (χ1) is 11.1. The molecule has 0 aliphatic carbocycles. The molecule has 3 rings (SSSR count). The van der Waals surface area contributed by atoms with Gasteiger partial charge in [-0.2, -0.15) is 0 Å². The smallest absolute Gasteiger partial charge is 0.0431 e. The lowest BCUT2D eigenvalue weighted by Crippen LogP contribution is -2.39. The summed E-state index contributed by atoms with van der Waals surface area (Å²) in [4.78, 5) is 2.60. The molecule has 1 N–H and O–H groups in total. The topological polar surface area (TPSA) is 23.5 Å². The fraction of sp³-hybridized carbons (Fsp3) is 0.524. The minimum Gasteiger partial charge on any atom is -0.396 e. The van der Waals surface area contributed by atoms with Gasteiger partial charge in [0, 0.05) is 30.3 Å². The SMILES string of the molecule is Br.CC1N(CCCCCCO)c2ccc3ccccc3c2C1(C)C. The van der Waals surface area contributed by atoms with Crippen LogP contribution in [0.1, 0.15) is 52.0 Å². The zero-order valence-corrected chi connectivity index (χ0v) is 16.8. The number of aliphatic hydroxyl groups is 1. The van der Waals surface area contributed by atoms with Crippen molar-refractivity contribution in [3.63, 3.8) is 0 Å². The number of halogens is 1. The fourth-order valence-electron chi connectivity index (χ4n) is 4.05. The molecule has 0 aromatic heterocycles. The number of aliphatic hydroxyl groups excluding tert-OH is 1. The Bertz CT molecular complexity index is 683. The highest BCUT2D eigenvalue weighted by atomic mass is 79.9. The normalized spacial score (nSPS) is 18.5. The summed E-state index contributed by atoms with van der Waals surface area (Å²) < 4.78 is 0. The number of benzene rings is 2.